The number of hydrogen-bond donors (Lipinski definition) is 4. The highest BCUT2D eigenvalue weighted by Gasteiger charge is 2.18. The van der Waals surface area contributed by atoms with Crippen LogP contribution in [0.2, 0.25) is 5.02 Å². The largest absolute Gasteiger partial charge is 0.394 e. The molecule has 152 valence electrons. The third-order valence-corrected chi connectivity index (χ3v) is 4.97. The van der Waals surface area contributed by atoms with Gasteiger partial charge in [0.05, 0.1) is 24.5 Å². The van der Waals surface area contributed by atoms with Crippen LogP contribution in [0.1, 0.15) is 22.1 Å². The molecule has 6 nitrogen and oxygen atoms in total. The van der Waals surface area contributed by atoms with Crippen molar-refractivity contribution in [1.82, 2.24) is 20.5 Å². The molecule has 2 heterocycles. The number of benzene rings is 2. The van der Waals surface area contributed by atoms with E-state index in [1.54, 1.807) is 30.6 Å². The maximum atomic E-state index is 13.5. The number of nitrogens with zero attached hydrogens (tertiary/aromatic N) is 1. The second-order valence-corrected chi connectivity index (χ2v) is 7.17. The fraction of sp³-hybridized carbons (Fsp3) is 0.0909. The lowest BCUT2D eigenvalue weighted by atomic mass is 10.0. The zero-order valence-corrected chi connectivity index (χ0v) is 16.4. The van der Waals surface area contributed by atoms with Gasteiger partial charge in [0.2, 0.25) is 0 Å². The first-order valence-corrected chi connectivity index (χ1v) is 9.58. The van der Waals surface area contributed by atoms with Crippen molar-refractivity contribution in [3.63, 3.8) is 0 Å². The predicted molar refractivity (Wildman–Crippen MR) is 113 cm³/mol. The van der Waals surface area contributed by atoms with E-state index >= 15 is 0 Å². The van der Waals surface area contributed by atoms with E-state index in [1.165, 1.54) is 18.2 Å². The minimum Gasteiger partial charge on any atom is -0.394 e. The first-order chi connectivity index (χ1) is 14.5. The summed E-state index contributed by atoms with van der Waals surface area (Å²) in [6.45, 7) is -0.359. The lowest BCUT2D eigenvalue weighted by Crippen LogP contribution is -2.31. The number of aliphatic hydroxyl groups is 1. The van der Waals surface area contributed by atoms with E-state index in [0.717, 1.165) is 22.4 Å². The molecule has 0 saturated heterocycles. The molecule has 0 spiro atoms. The molecular formula is C22H18ClFN4O2. The van der Waals surface area contributed by atoms with Crippen LogP contribution >= 0.6 is 11.6 Å². The lowest BCUT2D eigenvalue weighted by molar-refractivity contribution is 0.0911. The topological polar surface area (TPSA) is 93.8 Å². The summed E-state index contributed by atoms with van der Waals surface area (Å²) in [5, 5.41) is 20.0. The van der Waals surface area contributed by atoms with Crippen LogP contribution in [0.5, 0.6) is 0 Å². The van der Waals surface area contributed by atoms with Crippen LogP contribution in [0, 0.1) is 5.82 Å². The van der Waals surface area contributed by atoms with Gasteiger partial charge in [-0.1, -0.05) is 35.9 Å². The molecule has 8 heteroatoms. The van der Waals surface area contributed by atoms with Crippen molar-refractivity contribution in [1.29, 1.82) is 0 Å². The van der Waals surface area contributed by atoms with Gasteiger partial charge in [-0.05, 0) is 41.5 Å². The number of H-pyrrole nitrogens is 2. The van der Waals surface area contributed by atoms with E-state index < -0.39 is 17.8 Å². The van der Waals surface area contributed by atoms with Gasteiger partial charge in [0.15, 0.2) is 0 Å². The monoisotopic (exact) mass is 424 g/mol. The van der Waals surface area contributed by atoms with Crippen LogP contribution in [0.15, 0.2) is 67.0 Å². The summed E-state index contributed by atoms with van der Waals surface area (Å²) in [6.07, 6.45) is 3.38. The fourth-order valence-corrected chi connectivity index (χ4v) is 3.43. The molecule has 0 radical (unpaired) electrons. The Bertz CT molecular complexity index is 1190. The Morgan fingerprint density at radius 3 is 2.77 bits per heavy atom. The number of aliphatic hydroxyl groups excluding tert-OH is 1. The van der Waals surface area contributed by atoms with E-state index in [2.05, 4.69) is 20.5 Å². The van der Waals surface area contributed by atoms with Crippen molar-refractivity contribution in [3.8, 4) is 22.4 Å². The standard InChI is InChI=1S/C22H18ClFN4O2/c23-16-5-1-3-13(7-16)18-11-26-28-21(18)15-9-19(25-10-15)22(30)27-20(12-29)14-4-2-6-17(24)8-14/h1-11,20,25,29H,12H2,(H,26,28)(H,27,30). The fourth-order valence-electron chi connectivity index (χ4n) is 3.24. The molecule has 1 unspecified atom stereocenters. The summed E-state index contributed by atoms with van der Waals surface area (Å²) < 4.78 is 13.5. The Morgan fingerprint density at radius 2 is 2.00 bits per heavy atom. The minimum absolute atomic E-state index is 0.298. The van der Waals surface area contributed by atoms with Crippen LogP contribution in [-0.4, -0.2) is 32.8 Å². The highest BCUT2D eigenvalue weighted by Crippen LogP contribution is 2.31. The summed E-state index contributed by atoms with van der Waals surface area (Å²) in [4.78, 5) is 15.6. The van der Waals surface area contributed by atoms with Gasteiger partial charge in [0, 0.05) is 22.3 Å². The average Bonchev–Trinajstić information content (AvgIpc) is 3.41. The second-order valence-electron chi connectivity index (χ2n) is 6.73. The molecule has 1 atom stereocenters. The third-order valence-electron chi connectivity index (χ3n) is 4.73. The third kappa shape index (κ3) is 4.12. The van der Waals surface area contributed by atoms with Gasteiger partial charge in [-0.2, -0.15) is 5.10 Å². The van der Waals surface area contributed by atoms with E-state index in [4.69, 9.17) is 11.6 Å². The molecule has 2 aromatic carbocycles. The molecule has 4 rings (SSSR count). The van der Waals surface area contributed by atoms with Gasteiger partial charge >= 0.3 is 0 Å². The van der Waals surface area contributed by atoms with Crippen molar-refractivity contribution in [2.24, 2.45) is 0 Å². The van der Waals surface area contributed by atoms with Gasteiger partial charge in [0.25, 0.3) is 5.91 Å². The summed E-state index contributed by atoms with van der Waals surface area (Å²) in [5.41, 5.74) is 3.98. The number of hydrogen-bond acceptors (Lipinski definition) is 3. The smallest absolute Gasteiger partial charge is 0.268 e. The highest BCUT2D eigenvalue weighted by atomic mass is 35.5. The van der Waals surface area contributed by atoms with E-state index in [9.17, 15) is 14.3 Å². The number of carbonyl (C=O) groups excluding carboxylic acids is 1. The zero-order chi connectivity index (χ0) is 21.1. The average molecular weight is 425 g/mol. The molecule has 1 amide bonds. The summed E-state index contributed by atoms with van der Waals surface area (Å²) in [7, 11) is 0. The molecule has 0 aliphatic heterocycles. The summed E-state index contributed by atoms with van der Waals surface area (Å²) >= 11 is 6.09. The Kier molecular flexibility index (Phi) is 5.65. The molecule has 0 bridgehead atoms. The van der Waals surface area contributed by atoms with Crippen molar-refractivity contribution < 1.29 is 14.3 Å². The van der Waals surface area contributed by atoms with Crippen LogP contribution in [0.25, 0.3) is 22.4 Å². The van der Waals surface area contributed by atoms with E-state index in [0.29, 0.717) is 16.3 Å². The van der Waals surface area contributed by atoms with Gasteiger partial charge in [-0.15, -0.1) is 0 Å². The van der Waals surface area contributed by atoms with Crippen LogP contribution in [0.4, 0.5) is 4.39 Å². The molecule has 2 aromatic heterocycles. The lowest BCUT2D eigenvalue weighted by Gasteiger charge is -2.16. The molecule has 0 aliphatic carbocycles. The van der Waals surface area contributed by atoms with Crippen molar-refractivity contribution in [2.45, 2.75) is 6.04 Å². The maximum Gasteiger partial charge on any atom is 0.268 e. The second kappa shape index (κ2) is 8.52. The minimum atomic E-state index is -0.728. The predicted octanol–water partition coefficient (Wildman–Crippen LogP) is 4.33. The highest BCUT2D eigenvalue weighted by molar-refractivity contribution is 6.30. The SMILES string of the molecule is O=C(NC(CO)c1cccc(F)c1)c1cc(-c2[nH]ncc2-c2cccc(Cl)c2)c[nH]1. The van der Waals surface area contributed by atoms with Crippen LogP contribution in [-0.2, 0) is 0 Å². The van der Waals surface area contributed by atoms with Gasteiger partial charge in [0.1, 0.15) is 11.5 Å². The summed E-state index contributed by atoms with van der Waals surface area (Å²) in [5.74, 6) is -0.858. The zero-order valence-electron chi connectivity index (χ0n) is 15.7. The first-order valence-electron chi connectivity index (χ1n) is 9.20. The van der Waals surface area contributed by atoms with E-state index in [1.807, 2.05) is 18.2 Å². The number of aromatic nitrogens is 3. The molecule has 4 aromatic rings. The molecule has 0 saturated carbocycles. The molecule has 30 heavy (non-hydrogen) atoms. The number of rotatable bonds is 6. The van der Waals surface area contributed by atoms with E-state index in [-0.39, 0.29) is 6.61 Å². The van der Waals surface area contributed by atoms with Crippen molar-refractivity contribution >= 4 is 17.5 Å². The number of nitrogens with one attached hydrogen (secondary N) is 3. The van der Waals surface area contributed by atoms with Crippen molar-refractivity contribution in [2.75, 3.05) is 6.61 Å². The van der Waals surface area contributed by atoms with Crippen molar-refractivity contribution in [3.05, 3.63) is 89.1 Å². The quantitative estimate of drug-likeness (QED) is 0.371. The van der Waals surface area contributed by atoms with Gasteiger partial charge in [-0.3, -0.25) is 9.89 Å². The van der Waals surface area contributed by atoms with Gasteiger partial charge in [-0.25, -0.2) is 4.39 Å². The normalized spacial score (nSPS) is 12.0. The number of amides is 1. The maximum absolute atomic E-state index is 13.5. The summed E-state index contributed by atoms with van der Waals surface area (Å²) in [6, 6.07) is 14.1. The Labute approximate surface area is 176 Å². The Hall–Kier alpha value is -3.42. The first kappa shape index (κ1) is 19.9. The number of aromatic amines is 2. The number of carbonyl (C=O) groups is 1. The molecule has 0 fully saturated rings. The molecular weight excluding hydrogens is 407 g/mol. The number of halogens is 2. The molecule has 4 N–H and O–H groups in total. The Morgan fingerprint density at radius 1 is 1.17 bits per heavy atom. The van der Waals surface area contributed by atoms with Crippen LogP contribution in [0.3, 0.4) is 0 Å². The Balaban J connectivity index is 1.56. The molecule has 0 aliphatic rings. The van der Waals surface area contributed by atoms with Gasteiger partial charge < -0.3 is 15.4 Å². The van der Waals surface area contributed by atoms with Crippen LogP contribution < -0.4 is 5.32 Å².